The van der Waals surface area contributed by atoms with Crippen LogP contribution in [0.4, 0.5) is 4.79 Å². The minimum atomic E-state index is -0.671. The molecule has 0 atom stereocenters. The summed E-state index contributed by atoms with van der Waals surface area (Å²) >= 11 is 6.96. The van der Waals surface area contributed by atoms with Crippen LogP contribution in [0.3, 0.4) is 0 Å². The lowest BCUT2D eigenvalue weighted by atomic mass is 10.1. The van der Waals surface area contributed by atoms with E-state index in [0.717, 1.165) is 4.90 Å². The Morgan fingerprint density at radius 3 is 2.50 bits per heavy atom. The van der Waals surface area contributed by atoms with Crippen LogP contribution in [0.5, 0.6) is 11.5 Å². The van der Waals surface area contributed by atoms with E-state index >= 15 is 0 Å². The highest BCUT2D eigenvalue weighted by Gasteiger charge is 2.36. The predicted octanol–water partition coefficient (Wildman–Crippen LogP) is 2.89. The van der Waals surface area contributed by atoms with Crippen molar-refractivity contribution in [1.29, 1.82) is 0 Å². The van der Waals surface area contributed by atoms with E-state index in [4.69, 9.17) is 25.8 Å². The van der Waals surface area contributed by atoms with E-state index in [-0.39, 0.29) is 34.6 Å². The van der Waals surface area contributed by atoms with Crippen molar-refractivity contribution in [1.82, 2.24) is 4.90 Å². The number of hydrogen-bond acceptors (Lipinski definition) is 9. The highest BCUT2D eigenvalue weighted by atomic mass is 35.5. The molecule has 2 rings (SSSR count). The summed E-state index contributed by atoms with van der Waals surface area (Å²) in [5.41, 5.74) is 0.468. The van der Waals surface area contributed by atoms with Crippen LogP contribution in [0.15, 0.2) is 17.0 Å². The van der Waals surface area contributed by atoms with Gasteiger partial charge >= 0.3 is 11.9 Å². The quantitative estimate of drug-likeness (QED) is 0.408. The first-order chi connectivity index (χ1) is 14.3. The maximum atomic E-state index is 12.5. The lowest BCUT2D eigenvalue weighted by molar-refractivity contribution is -0.146. The summed E-state index contributed by atoms with van der Waals surface area (Å²) in [6, 6.07) is 3.05. The molecule has 0 saturated carbocycles. The molecule has 0 radical (unpaired) electrons. The smallest absolute Gasteiger partial charge is 0.343 e. The summed E-state index contributed by atoms with van der Waals surface area (Å²) in [5, 5.41) is -0.435. The lowest BCUT2D eigenvalue weighted by Crippen LogP contribution is -2.34. The van der Waals surface area contributed by atoms with Gasteiger partial charge in [-0.25, -0.2) is 4.79 Å². The molecule has 30 heavy (non-hydrogen) atoms. The second-order valence-corrected chi connectivity index (χ2v) is 7.10. The number of carbonyl (C=O) groups is 4. The van der Waals surface area contributed by atoms with Gasteiger partial charge in [-0.1, -0.05) is 11.6 Å². The Bertz CT molecular complexity index is 886. The summed E-state index contributed by atoms with van der Waals surface area (Å²) in [6.45, 7) is 3.01. The van der Waals surface area contributed by atoms with Crippen molar-refractivity contribution in [3.8, 4) is 11.5 Å². The number of rotatable bonds is 9. The van der Waals surface area contributed by atoms with E-state index < -0.39 is 29.6 Å². The third kappa shape index (κ3) is 5.90. The molecule has 0 unspecified atom stereocenters. The van der Waals surface area contributed by atoms with Gasteiger partial charge in [-0.2, -0.15) is 0 Å². The monoisotopic (exact) mass is 457 g/mol. The molecule has 9 nitrogen and oxygen atoms in total. The van der Waals surface area contributed by atoms with Gasteiger partial charge in [0.05, 0.1) is 30.3 Å². The number of thioether (sulfide) groups is 1. The zero-order chi connectivity index (χ0) is 22.3. The molecule has 1 fully saturated rings. The van der Waals surface area contributed by atoms with Crippen LogP contribution in [0.25, 0.3) is 6.08 Å². The van der Waals surface area contributed by atoms with Crippen LogP contribution in [-0.4, -0.2) is 61.5 Å². The number of imide groups is 1. The van der Waals surface area contributed by atoms with Crippen molar-refractivity contribution in [3.63, 3.8) is 0 Å². The first-order valence-electron chi connectivity index (χ1n) is 8.87. The predicted molar refractivity (Wildman–Crippen MR) is 109 cm³/mol. The molecule has 11 heteroatoms. The fourth-order valence-electron chi connectivity index (χ4n) is 2.39. The topological polar surface area (TPSA) is 108 Å². The second-order valence-electron chi connectivity index (χ2n) is 5.70. The summed E-state index contributed by atoms with van der Waals surface area (Å²) < 4.78 is 20.2. The number of benzene rings is 1. The van der Waals surface area contributed by atoms with Crippen LogP contribution in [-0.2, 0) is 23.9 Å². The largest absolute Gasteiger partial charge is 0.490 e. The van der Waals surface area contributed by atoms with E-state index in [1.54, 1.807) is 19.9 Å². The molecule has 1 aliphatic rings. The van der Waals surface area contributed by atoms with Crippen molar-refractivity contribution >= 4 is 52.5 Å². The number of esters is 2. The molecule has 1 aliphatic heterocycles. The number of methoxy groups -OCH3 is 1. The average Bonchev–Trinajstić information content (AvgIpc) is 2.95. The van der Waals surface area contributed by atoms with Crippen LogP contribution in [0.2, 0.25) is 5.02 Å². The number of ether oxygens (including phenoxy) is 4. The maximum Gasteiger partial charge on any atom is 0.343 e. The molecule has 0 bridgehead atoms. The highest BCUT2D eigenvalue weighted by molar-refractivity contribution is 8.18. The maximum absolute atomic E-state index is 12.5. The van der Waals surface area contributed by atoms with Gasteiger partial charge in [0.15, 0.2) is 18.1 Å². The first-order valence-corrected chi connectivity index (χ1v) is 10.1. The van der Waals surface area contributed by atoms with Gasteiger partial charge in [-0.3, -0.25) is 19.3 Å². The van der Waals surface area contributed by atoms with Crippen LogP contribution < -0.4 is 9.47 Å². The summed E-state index contributed by atoms with van der Waals surface area (Å²) in [4.78, 5) is 48.5. The van der Waals surface area contributed by atoms with Crippen molar-refractivity contribution in [2.75, 3.05) is 33.5 Å². The minimum Gasteiger partial charge on any atom is -0.490 e. The number of halogens is 1. The molecule has 162 valence electrons. The molecule has 2 amide bonds. The fourth-order valence-corrected chi connectivity index (χ4v) is 3.50. The molecular weight excluding hydrogens is 438 g/mol. The highest BCUT2D eigenvalue weighted by Crippen LogP contribution is 2.39. The van der Waals surface area contributed by atoms with Crippen molar-refractivity contribution in [3.05, 3.63) is 27.6 Å². The Balaban J connectivity index is 2.27. The van der Waals surface area contributed by atoms with Crippen LogP contribution in [0.1, 0.15) is 19.4 Å². The van der Waals surface area contributed by atoms with Crippen molar-refractivity contribution < 1.29 is 38.1 Å². The van der Waals surface area contributed by atoms with Crippen LogP contribution >= 0.6 is 23.4 Å². The van der Waals surface area contributed by atoms with E-state index in [0.29, 0.717) is 23.9 Å². The van der Waals surface area contributed by atoms with Gasteiger partial charge in [-0.15, -0.1) is 0 Å². The van der Waals surface area contributed by atoms with E-state index in [1.807, 2.05) is 0 Å². The van der Waals surface area contributed by atoms with Gasteiger partial charge in [0.2, 0.25) is 0 Å². The minimum absolute atomic E-state index is 0.117. The Morgan fingerprint density at radius 2 is 1.87 bits per heavy atom. The summed E-state index contributed by atoms with van der Waals surface area (Å²) in [5.74, 6) is -1.47. The molecule has 0 aromatic heterocycles. The molecule has 1 aromatic carbocycles. The lowest BCUT2D eigenvalue weighted by Gasteiger charge is -2.14. The molecule has 0 spiro atoms. The normalized spacial score (nSPS) is 14.8. The van der Waals surface area contributed by atoms with Gasteiger partial charge in [0.1, 0.15) is 6.54 Å². The molecule has 0 N–H and O–H groups in total. The van der Waals surface area contributed by atoms with Gasteiger partial charge in [-0.05, 0) is 49.4 Å². The zero-order valence-corrected chi connectivity index (χ0v) is 18.1. The van der Waals surface area contributed by atoms with E-state index in [9.17, 15) is 19.2 Å². The number of carbonyl (C=O) groups excluding carboxylic acids is 4. The Morgan fingerprint density at radius 1 is 1.13 bits per heavy atom. The first kappa shape index (κ1) is 23.6. The number of nitrogens with zero attached hydrogens (tertiary/aromatic N) is 1. The molecule has 1 heterocycles. The second kappa shape index (κ2) is 10.9. The van der Waals surface area contributed by atoms with Crippen molar-refractivity contribution in [2.45, 2.75) is 13.8 Å². The molecule has 0 aliphatic carbocycles. The third-order valence-electron chi connectivity index (χ3n) is 3.66. The van der Waals surface area contributed by atoms with Crippen LogP contribution in [0, 0.1) is 0 Å². The molecular formula is C19H20ClNO8S. The Labute approximate surface area is 182 Å². The number of hydrogen-bond donors (Lipinski definition) is 0. The standard InChI is InChI=1S/C19H20ClNO8S/c1-4-27-13-7-11(6-12(20)17(13)29-10-16(23)26-3)8-14-18(24)21(19(25)30-14)9-15(22)28-5-2/h6-8H,4-5,9-10H2,1-3H3/b14-8-. The number of amides is 2. The van der Waals surface area contributed by atoms with E-state index in [1.165, 1.54) is 19.3 Å². The van der Waals surface area contributed by atoms with Gasteiger partial charge < -0.3 is 18.9 Å². The van der Waals surface area contributed by atoms with Gasteiger partial charge in [0, 0.05) is 0 Å². The third-order valence-corrected chi connectivity index (χ3v) is 4.85. The zero-order valence-electron chi connectivity index (χ0n) is 16.6. The SMILES string of the molecule is CCOC(=O)CN1C(=O)S/C(=C\c2cc(Cl)c(OCC(=O)OC)c(OCC)c2)C1=O. The molecule has 1 aromatic rings. The summed E-state index contributed by atoms with van der Waals surface area (Å²) in [7, 11) is 1.23. The Hall–Kier alpha value is -2.72. The van der Waals surface area contributed by atoms with Gasteiger partial charge in [0.25, 0.3) is 11.1 Å². The fraction of sp³-hybridized carbons (Fsp3) is 0.368. The van der Waals surface area contributed by atoms with E-state index in [2.05, 4.69) is 4.74 Å². The van der Waals surface area contributed by atoms with Crippen molar-refractivity contribution in [2.24, 2.45) is 0 Å². The average molecular weight is 458 g/mol. The summed E-state index contributed by atoms with van der Waals surface area (Å²) in [6.07, 6.45) is 1.45. The molecule has 1 saturated heterocycles. The Kier molecular flexibility index (Phi) is 8.55.